The van der Waals surface area contributed by atoms with Crippen molar-refractivity contribution in [2.24, 2.45) is 0 Å². The number of nitrogens with zero attached hydrogens (tertiary/aromatic N) is 3. The van der Waals surface area contributed by atoms with E-state index in [0.717, 1.165) is 23.6 Å². The van der Waals surface area contributed by atoms with Gasteiger partial charge in [0.15, 0.2) is 0 Å². The van der Waals surface area contributed by atoms with E-state index in [9.17, 15) is 9.59 Å². The number of aromatic nitrogens is 2. The molecule has 0 saturated heterocycles. The first-order chi connectivity index (χ1) is 15.7. The zero-order valence-corrected chi connectivity index (χ0v) is 20.0. The molecule has 0 fully saturated rings. The van der Waals surface area contributed by atoms with Gasteiger partial charge in [0, 0.05) is 23.6 Å². The highest BCUT2D eigenvalue weighted by Gasteiger charge is 2.23. The Morgan fingerprint density at radius 2 is 1.73 bits per heavy atom. The van der Waals surface area contributed by atoms with E-state index in [0.29, 0.717) is 17.9 Å². The zero-order chi connectivity index (χ0) is 24.0. The number of ether oxygens (including phenoxy) is 1. The minimum atomic E-state index is -0.275. The number of hydrogen-bond acceptors (Lipinski definition) is 4. The predicted octanol–water partition coefficient (Wildman–Crippen LogP) is 4.67. The summed E-state index contributed by atoms with van der Waals surface area (Å²) in [7, 11) is 1.62. The molecule has 0 atom stereocenters. The third-order valence-electron chi connectivity index (χ3n) is 5.20. The lowest BCUT2D eigenvalue weighted by Gasteiger charge is -2.21. The van der Waals surface area contributed by atoms with Gasteiger partial charge in [0.25, 0.3) is 5.91 Å². The van der Waals surface area contributed by atoms with Gasteiger partial charge in [-0.15, -0.1) is 0 Å². The van der Waals surface area contributed by atoms with Crippen LogP contribution in [0.1, 0.15) is 50.2 Å². The second-order valence-electron chi connectivity index (χ2n) is 8.92. The second kappa shape index (κ2) is 10.3. The van der Waals surface area contributed by atoms with Crippen LogP contribution in [0.4, 0.5) is 5.82 Å². The van der Waals surface area contributed by atoms with E-state index in [2.05, 4.69) is 26.1 Å². The fraction of sp³-hybridized carbons (Fsp3) is 0.346. The lowest BCUT2D eigenvalue weighted by atomic mass is 9.92. The van der Waals surface area contributed by atoms with Crippen LogP contribution >= 0.6 is 0 Å². The van der Waals surface area contributed by atoms with Gasteiger partial charge in [-0.3, -0.25) is 9.59 Å². The maximum Gasteiger partial charge on any atom is 0.254 e. The molecule has 0 radical (unpaired) electrons. The highest BCUT2D eigenvalue weighted by Crippen LogP contribution is 2.27. The van der Waals surface area contributed by atoms with Crippen molar-refractivity contribution in [3.8, 4) is 11.4 Å². The van der Waals surface area contributed by atoms with E-state index in [1.54, 1.807) is 28.8 Å². The fourth-order valence-electron chi connectivity index (χ4n) is 3.40. The molecule has 1 aromatic heterocycles. The van der Waals surface area contributed by atoms with Crippen LogP contribution in [0.25, 0.3) is 5.69 Å². The molecule has 1 N–H and O–H groups in total. The lowest BCUT2D eigenvalue weighted by Crippen LogP contribution is -2.38. The number of rotatable bonds is 8. The molecule has 174 valence electrons. The Bertz CT molecular complexity index is 1080. The molecule has 7 nitrogen and oxygen atoms in total. The van der Waals surface area contributed by atoms with Gasteiger partial charge in [0.1, 0.15) is 18.1 Å². The summed E-state index contributed by atoms with van der Waals surface area (Å²) in [6, 6.07) is 18.4. The quantitative estimate of drug-likeness (QED) is 0.543. The summed E-state index contributed by atoms with van der Waals surface area (Å²) in [6.07, 6.45) is 0.754. The normalized spacial score (nSPS) is 11.2. The van der Waals surface area contributed by atoms with Crippen LogP contribution in [0.15, 0.2) is 60.7 Å². The molecule has 2 amide bonds. The number of nitrogens with one attached hydrogen (secondary N) is 1. The monoisotopic (exact) mass is 448 g/mol. The minimum absolute atomic E-state index is 0.0415. The predicted molar refractivity (Wildman–Crippen MR) is 130 cm³/mol. The third kappa shape index (κ3) is 6.00. The van der Waals surface area contributed by atoms with E-state index < -0.39 is 0 Å². The molecule has 3 aromatic rings. The molecule has 2 aromatic carbocycles. The van der Waals surface area contributed by atoms with E-state index in [1.807, 2.05) is 55.5 Å². The first kappa shape index (κ1) is 24.0. The average molecular weight is 449 g/mol. The fourth-order valence-corrected chi connectivity index (χ4v) is 3.40. The Kier molecular flexibility index (Phi) is 7.53. The zero-order valence-electron chi connectivity index (χ0n) is 20.0. The van der Waals surface area contributed by atoms with Crippen LogP contribution < -0.4 is 10.1 Å². The Morgan fingerprint density at radius 1 is 1.06 bits per heavy atom. The molecular formula is C26H32N4O3. The highest BCUT2D eigenvalue weighted by molar-refractivity contribution is 5.99. The van der Waals surface area contributed by atoms with Crippen LogP contribution in [-0.4, -0.2) is 46.7 Å². The van der Waals surface area contributed by atoms with Gasteiger partial charge < -0.3 is 15.0 Å². The number of carbonyl (C=O) groups excluding carboxylic acids is 2. The van der Waals surface area contributed by atoms with Gasteiger partial charge in [0.2, 0.25) is 5.91 Å². The molecule has 3 rings (SSSR count). The standard InChI is InChI=1S/C26H32N4O3/c1-6-16-29(25(32)19-10-8-7-9-11-19)18-24(31)27-23-17-22(26(2,3)4)28-30(23)20-12-14-21(33-5)15-13-20/h7-15,17H,6,16,18H2,1-5H3,(H,27,31). The molecule has 0 unspecified atom stereocenters. The van der Waals surface area contributed by atoms with Crippen molar-refractivity contribution in [1.29, 1.82) is 0 Å². The maximum absolute atomic E-state index is 13.0. The Labute approximate surface area is 195 Å². The van der Waals surface area contributed by atoms with Gasteiger partial charge in [-0.1, -0.05) is 45.9 Å². The Hall–Kier alpha value is -3.61. The minimum Gasteiger partial charge on any atom is -0.497 e. The van der Waals surface area contributed by atoms with Crippen molar-refractivity contribution in [2.45, 2.75) is 39.5 Å². The van der Waals surface area contributed by atoms with Gasteiger partial charge in [0.05, 0.1) is 18.5 Å². The van der Waals surface area contributed by atoms with Crippen molar-refractivity contribution in [2.75, 3.05) is 25.5 Å². The second-order valence-corrected chi connectivity index (χ2v) is 8.92. The number of amides is 2. The van der Waals surface area contributed by atoms with Gasteiger partial charge in [-0.05, 0) is 42.8 Å². The number of methoxy groups -OCH3 is 1. The van der Waals surface area contributed by atoms with Crippen molar-refractivity contribution < 1.29 is 14.3 Å². The molecular weight excluding hydrogens is 416 g/mol. The third-order valence-corrected chi connectivity index (χ3v) is 5.20. The van der Waals surface area contributed by atoms with Crippen molar-refractivity contribution in [3.05, 3.63) is 71.9 Å². The molecule has 0 aliphatic carbocycles. The first-order valence-electron chi connectivity index (χ1n) is 11.1. The van der Waals surface area contributed by atoms with Crippen LogP contribution in [0.5, 0.6) is 5.75 Å². The molecule has 0 spiro atoms. The lowest BCUT2D eigenvalue weighted by molar-refractivity contribution is -0.116. The van der Waals surface area contributed by atoms with E-state index in [4.69, 9.17) is 9.84 Å². The summed E-state index contributed by atoms with van der Waals surface area (Å²) in [5.74, 6) is 0.857. The van der Waals surface area contributed by atoms with Crippen LogP contribution in [0, 0.1) is 0 Å². The summed E-state index contributed by atoms with van der Waals surface area (Å²) in [4.78, 5) is 27.5. The van der Waals surface area contributed by atoms with Gasteiger partial charge in [-0.2, -0.15) is 5.10 Å². The Balaban J connectivity index is 1.85. The molecule has 0 aliphatic rings. The molecule has 0 aliphatic heterocycles. The van der Waals surface area contributed by atoms with E-state index in [-0.39, 0.29) is 23.8 Å². The molecule has 0 saturated carbocycles. The molecule has 1 heterocycles. The summed E-state index contributed by atoms with van der Waals surface area (Å²) < 4.78 is 6.96. The molecule has 33 heavy (non-hydrogen) atoms. The average Bonchev–Trinajstić information content (AvgIpc) is 3.23. The largest absolute Gasteiger partial charge is 0.497 e. The van der Waals surface area contributed by atoms with E-state index in [1.165, 1.54) is 0 Å². The van der Waals surface area contributed by atoms with Crippen molar-refractivity contribution in [3.63, 3.8) is 0 Å². The smallest absolute Gasteiger partial charge is 0.254 e. The number of anilines is 1. The van der Waals surface area contributed by atoms with Gasteiger partial charge >= 0.3 is 0 Å². The Morgan fingerprint density at radius 3 is 2.30 bits per heavy atom. The number of hydrogen-bond donors (Lipinski definition) is 1. The maximum atomic E-state index is 13.0. The number of carbonyl (C=O) groups is 2. The van der Waals surface area contributed by atoms with Crippen molar-refractivity contribution in [1.82, 2.24) is 14.7 Å². The highest BCUT2D eigenvalue weighted by atomic mass is 16.5. The topological polar surface area (TPSA) is 76.5 Å². The first-order valence-corrected chi connectivity index (χ1v) is 11.1. The SMILES string of the molecule is CCCN(CC(=O)Nc1cc(C(C)(C)C)nn1-c1ccc(OC)cc1)C(=O)c1ccccc1. The van der Waals surface area contributed by atoms with E-state index >= 15 is 0 Å². The van der Waals surface area contributed by atoms with Crippen LogP contribution in [0.3, 0.4) is 0 Å². The summed E-state index contributed by atoms with van der Waals surface area (Å²) in [5.41, 5.74) is 2.01. The van der Waals surface area contributed by atoms with Gasteiger partial charge in [-0.25, -0.2) is 4.68 Å². The summed E-state index contributed by atoms with van der Waals surface area (Å²) in [6.45, 7) is 8.65. The van der Waals surface area contributed by atoms with Crippen LogP contribution in [-0.2, 0) is 10.2 Å². The van der Waals surface area contributed by atoms with Crippen molar-refractivity contribution >= 4 is 17.6 Å². The molecule has 0 bridgehead atoms. The molecule has 7 heteroatoms. The summed E-state index contributed by atoms with van der Waals surface area (Å²) in [5, 5.41) is 7.70. The number of benzene rings is 2. The van der Waals surface area contributed by atoms with Crippen LogP contribution in [0.2, 0.25) is 0 Å². The summed E-state index contributed by atoms with van der Waals surface area (Å²) >= 11 is 0.